The van der Waals surface area contributed by atoms with Crippen LogP contribution in [0.5, 0.6) is 0 Å². The van der Waals surface area contributed by atoms with Crippen molar-refractivity contribution >= 4 is 5.91 Å². The number of aryl methyl sites for hydroxylation is 1. The molecule has 5 nitrogen and oxygen atoms in total. The molecule has 2 fully saturated rings. The Labute approximate surface area is 154 Å². The molecule has 1 aromatic heterocycles. The molecule has 4 atom stereocenters. The van der Waals surface area contributed by atoms with Crippen molar-refractivity contribution in [2.24, 2.45) is 5.41 Å². The zero-order valence-electron chi connectivity index (χ0n) is 15.2. The quantitative estimate of drug-likeness (QED) is 0.759. The number of piperidine rings is 1. The van der Waals surface area contributed by atoms with Gasteiger partial charge in [-0.05, 0) is 50.2 Å². The Kier molecular flexibility index (Phi) is 3.98. The van der Waals surface area contributed by atoms with Gasteiger partial charge in [0.1, 0.15) is 11.5 Å². The van der Waals surface area contributed by atoms with Crippen LogP contribution in [0.2, 0.25) is 0 Å². The Morgan fingerprint density at radius 3 is 3.04 bits per heavy atom. The van der Waals surface area contributed by atoms with Gasteiger partial charge in [0.25, 0.3) is 0 Å². The fraction of sp³-hybridized carbons (Fsp3) is 0.667. The van der Waals surface area contributed by atoms with Crippen molar-refractivity contribution in [2.45, 2.75) is 62.9 Å². The molecular weight excluding hydrogens is 328 g/mol. The molecule has 1 aliphatic carbocycles. The number of amides is 1. The molecule has 0 aromatic carbocycles. The van der Waals surface area contributed by atoms with E-state index in [0.717, 1.165) is 69.6 Å². The zero-order valence-corrected chi connectivity index (χ0v) is 15.2. The molecule has 0 saturated carbocycles. The van der Waals surface area contributed by atoms with Gasteiger partial charge in [0.05, 0.1) is 18.1 Å². The summed E-state index contributed by atoms with van der Waals surface area (Å²) in [7, 11) is 0. The third kappa shape index (κ3) is 2.26. The average Bonchev–Trinajstić information content (AvgIpc) is 3.27. The van der Waals surface area contributed by atoms with Crippen LogP contribution in [0.4, 0.5) is 0 Å². The maximum atomic E-state index is 13.6. The van der Waals surface area contributed by atoms with E-state index < -0.39 is 5.41 Å². The standard InChI is InChI=1S/C21H28N2O3/c24-13-14-12-21-17-8-10-23(20(21)25)9-6-4-2-1-3-5-7-15-11-16(17)18(26-15)19(21)22-14/h1,3,11,14,17,19,22,24H,2,4-10,12-13H2/b3-1-/t14-,17+,19+,21+/m1/s1. The second-order valence-electron chi connectivity index (χ2n) is 8.40. The Morgan fingerprint density at radius 1 is 1.27 bits per heavy atom. The molecule has 1 spiro atoms. The third-order valence-electron chi connectivity index (χ3n) is 6.97. The maximum absolute atomic E-state index is 13.6. The molecule has 5 aliphatic heterocycles. The molecular formula is C21H28N2O3. The first-order valence-corrected chi connectivity index (χ1v) is 10.2. The molecule has 5 heteroatoms. The number of carbonyl (C=O) groups excluding carboxylic acids is 1. The van der Waals surface area contributed by atoms with Crippen molar-refractivity contribution in [1.82, 2.24) is 10.2 Å². The fourth-order valence-electron chi connectivity index (χ4n) is 5.81. The Morgan fingerprint density at radius 2 is 2.15 bits per heavy atom. The van der Waals surface area contributed by atoms with Gasteiger partial charge in [0.2, 0.25) is 5.91 Å². The number of carbonyl (C=O) groups is 1. The lowest BCUT2D eigenvalue weighted by Crippen LogP contribution is -2.52. The predicted octanol–water partition coefficient (Wildman–Crippen LogP) is 2.66. The van der Waals surface area contributed by atoms with E-state index in [4.69, 9.17) is 4.42 Å². The van der Waals surface area contributed by atoms with Crippen LogP contribution in [-0.2, 0) is 11.2 Å². The number of rotatable bonds is 1. The number of fused-ring (bicyclic) bond motifs is 1. The van der Waals surface area contributed by atoms with Gasteiger partial charge >= 0.3 is 0 Å². The van der Waals surface area contributed by atoms with Crippen LogP contribution in [0.3, 0.4) is 0 Å². The number of nitrogens with one attached hydrogen (secondary N) is 1. The van der Waals surface area contributed by atoms with E-state index in [2.05, 4.69) is 28.4 Å². The van der Waals surface area contributed by atoms with E-state index in [1.165, 1.54) is 5.56 Å². The monoisotopic (exact) mass is 356 g/mol. The fourth-order valence-corrected chi connectivity index (χ4v) is 5.81. The summed E-state index contributed by atoms with van der Waals surface area (Å²) in [6.07, 6.45) is 11.4. The number of allylic oxidation sites excluding steroid dienone is 2. The first kappa shape index (κ1) is 16.6. The molecule has 7 rings (SSSR count). The summed E-state index contributed by atoms with van der Waals surface area (Å²) in [5.74, 6) is 2.51. The molecule has 2 N–H and O–H groups in total. The van der Waals surface area contributed by atoms with Gasteiger partial charge in [0, 0.05) is 31.5 Å². The molecule has 6 heterocycles. The van der Waals surface area contributed by atoms with Gasteiger partial charge < -0.3 is 19.7 Å². The lowest BCUT2D eigenvalue weighted by atomic mass is 9.67. The summed E-state index contributed by atoms with van der Waals surface area (Å²) in [5, 5.41) is 13.3. The second kappa shape index (κ2) is 6.24. The summed E-state index contributed by atoms with van der Waals surface area (Å²) in [6.45, 7) is 1.77. The minimum Gasteiger partial charge on any atom is -0.464 e. The van der Waals surface area contributed by atoms with E-state index in [1.807, 2.05) is 0 Å². The average molecular weight is 356 g/mol. The highest BCUT2D eigenvalue weighted by molar-refractivity contribution is 5.88. The summed E-state index contributed by atoms with van der Waals surface area (Å²) in [5.41, 5.74) is 0.803. The van der Waals surface area contributed by atoms with Gasteiger partial charge in [0.15, 0.2) is 0 Å². The maximum Gasteiger partial charge on any atom is 0.231 e. The molecule has 1 aromatic rings. The van der Waals surface area contributed by atoms with Crippen LogP contribution in [0, 0.1) is 5.41 Å². The highest BCUT2D eigenvalue weighted by Crippen LogP contribution is 2.64. The summed E-state index contributed by atoms with van der Waals surface area (Å²) in [4.78, 5) is 15.7. The highest BCUT2D eigenvalue weighted by atomic mass is 16.3. The van der Waals surface area contributed by atoms with Gasteiger partial charge in [-0.15, -0.1) is 0 Å². The van der Waals surface area contributed by atoms with Crippen molar-refractivity contribution < 1.29 is 14.3 Å². The minimum atomic E-state index is -0.448. The van der Waals surface area contributed by atoms with E-state index in [9.17, 15) is 9.90 Å². The van der Waals surface area contributed by atoms with Gasteiger partial charge in [-0.25, -0.2) is 0 Å². The van der Waals surface area contributed by atoms with Gasteiger partial charge in [-0.1, -0.05) is 12.2 Å². The minimum absolute atomic E-state index is 0.0186. The van der Waals surface area contributed by atoms with E-state index in [-0.39, 0.29) is 30.5 Å². The van der Waals surface area contributed by atoms with E-state index in [1.54, 1.807) is 0 Å². The first-order chi connectivity index (χ1) is 12.7. The third-order valence-corrected chi connectivity index (χ3v) is 6.97. The lowest BCUT2D eigenvalue weighted by Gasteiger charge is -2.43. The number of furan rings is 1. The van der Waals surface area contributed by atoms with Crippen molar-refractivity contribution in [3.8, 4) is 0 Å². The number of aliphatic hydroxyl groups is 1. The molecule has 140 valence electrons. The number of aliphatic hydroxyl groups excluding tert-OH is 1. The number of hydrogen-bond acceptors (Lipinski definition) is 4. The Balaban J connectivity index is 1.58. The molecule has 6 bridgehead atoms. The molecule has 2 saturated heterocycles. The molecule has 0 unspecified atom stereocenters. The lowest BCUT2D eigenvalue weighted by molar-refractivity contribution is -0.148. The van der Waals surface area contributed by atoms with Crippen molar-refractivity contribution in [1.29, 1.82) is 0 Å². The second-order valence-corrected chi connectivity index (χ2v) is 8.40. The SMILES string of the molecule is O=C1N2CCCC/C=C\CCc3cc4c(o3)[C@@H]3N[C@@H](CO)C[C@@]13[C@H]4CC2. The smallest absolute Gasteiger partial charge is 0.231 e. The Bertz CT molecular complexity index is 740. The van der Waals surface area contributed by atoms with Crippen LogP contribution in [-0.4, -0.2) is 41.7 Å². The molecule has 0 radical (unpaired) electrons. The van der Waals surface area contributed by atoms with Crippen LogP contribution in [0.15, 0.2) is 22.6 Å². The summed E-state index contributed by atoms with van der Waals surface area (Å²) < 4.78 is 6.28. The van der Waals surface area contributed by atoms with E-state index in [0.29, 0.717) is 0 Å². The van der Waals surface area contributed by atoms with E-state index >= 15 is 0 Å². The number of nitrogens with zero attached hydrogens (tertiary/aromatic N) is 1. The Hall–Kier alpha value is -1.59. The van der Waals surface area contributed by atoms with Crippen LogP contribution in [0.25, 0.3) is 0 Å². The summed E-state index contributed by atoms with van der Waals surface area (Å²) >= 11 is 0. The normalized spacial score (nSPS) is 37.7. The predicted molar refractivity (Wildman–Crippen MR) is 97.8 cm³/mol. The van der Waals surface area contributed by atoms with Crippen LogP contribution >= 0.6 is 0 Å². The molecule has 6 aliphatic rings. The largest absolute Gasteiger partial charge is 0.464 e. The topological polar surface area (TPSA) is 65.7 Å². The van der Waals surface area contributed by atoms with Crippen molar-refractivity contribution in [3.05, 3.63) is 35.3 Å². The van der Waals surface area contributed by atoms with Crippen molar-refractivity contribution in [3.63, 3.8) is 0 Å². The van der Waals surface area contributed by atoms with Crippen molar-refractivity contribution in [2.75, 3.05) is 19.7 Å². The molecule has 26 heavy (non-hydrogen) atoms. The van der Waals surface area contributed by atoms with Gasteiger partial charge in [-0.3, -0.25) is 4.79 Å². The zero-order chi connectivity index (χ0) is 17.7. The molecule has 1 amide bonds. The summed E-state index contributed by atoms with van der Waals surface area (Å²) in [6, 6.07) is 2.12. The van der Waals surface area contributed by atoms with Crippen LogP contribution < -0.4 is 5.32 Å². The first-order valence-electron chi connectivity index (χ1n) is 10.2. The highest BCUT2D eigenvalue weighted by Gasteiger charge is 2.66. The van der Waals surface area contributed by atoms with Crippen LogP contribution in [0.1, 0.15) is 67.6 Å². The number of hydrogen-bond donors (Lipinski definition) is 2. The van der Waals surface area contributed by atoms with Gasteiger partial charge in [-0.2, -0.15) is 0 Å².